The van der Waals surface area contributed by atoms with Gasteiger partial charge in [0.2, 0.25) is 5.91 Å². The number of halogens is 1. The van der Waals surface area contributed by atoms with E-state index in [0.29, 0.717) is 10.0 Å². The Bertz CT molecular complexity index is 905. The first-order chi connectivity index (χ1) is 12.5. The summed E-state index contributed by atoms with van der Waals surface area (Å²) in [5.41, 5.74) is 1.87. The molecule has 2 N–H and O–H groups in total. The lowest BCUT2D eigenvalue weighted by atomic mass is 10.1. The topological polar surface area (TPSA) is 71.1 Å². The Labute approximate surface area is 167 Å². The van der Waals surface area contributed by atoms with Gasteiger partial charge >= 0.3 is 0 Å². The molecule has 2 amide bonds. The third-order valence-corrected chi connectivity index (χ3v) is 5.83. The van der Waals surface area contributed by atoms with Crippen molar-refractivity contribution >= 4 is 55.5 Å². The van der Waals surface area contributed by atoms with Crippen LogP contribution in [0.5, 0.6) is 0 Å². The Hall–Kier alpha value is -2.03. The van der Waals surface area contributed by atoms with Crippen molar-refractivity contribution in [2.45, 2.75) is 13.3 Å². The third-order valence-electron chi connectivity index (χ3n) is 3.54. The predicted octanol–water partition coefficient (Wildman–Crippen LogP) is 4.70. The number of amides is 2. The van der Waals surface area contributed by atoms with E-state index < -0.39 is 0 Å². The average Bonchev–Trinajstić information content (AvgIpc) is 3.25. The first kappa shape index (κ1) is 18.8. The van der Waals surface area contributed by atoms with E-state index in [1.165, 1.54) is 22.7 Å². The maximum absolute atomic E-state index is 12.1. The predicted molar refractivity (Wildman–Crippen MR) is 110 cm³/mol. The van der Waals surface area contributed by atoms with Crippen molar-refractivity contribution < 1.29 is 9.59 Å². The lowest BCUT2D eigenvalue weighted by Gasteiger charge is -2.03. The van der Waals surface area contributed by atoms with Gasteiger partial charge in [0.05, 0.1) is 10.6 Å². The van der Waals surface area contributed by atoms with E-state index in [1.54, 1.807) is 6.07 Å². The van der Waals surface area contributed by atoms with Crippen LogP contribution in [0.4, 0.5) is 5.13 Å². The highest BCUT2D eigenvalue weighted by atomic mass is 79.9. The standard InChI is InChI=1S/C18H16BrN3O2S2/c1-11-16(12-4-6-13(19)7-5-12)22-18(26-11)21-15(23)8-9-20-17(24)14-3-2-10-25-14/h2-7,10H,8-9H2,1H3,(H,20,24)(H,21,22,23). The molecule has 0 atom stereocenters. The maximum Gasteiger partial charge on any atom is 0.261 e. The van der Waals surface area contributed by atoms with E-state index in [9.17, 15) is 9.59 Å². The summed E-state index contributed by atoms with van der Waals surface area (Å²) in [6.45, 7) is 2.26. The molecule has 134 valence electrons. The Balaban J connectivity index is 1.54. The number of nitrogens with one attached hydrogen (secondary N) is 2. The SMILES string of the molecule is Cc1sc(NC(=O)CCNC(=O)c2cccs2)nc1-c1ccc(Br)cc1. The Morgan fingerprint density at radius 2 is 1.96 bits per heavy atom. The second kappa shape index (κ2) is 8.57. The van der Waals surface area contributed by atoms with Gasteiger partial charge in [0.15, 0.2) is 5.13 Å². The van der Waals surface area contributed by atoms with Crippen molar-refractivity contribution in [3.05, 3.63) is 56.0 Å². The zero-order valence-electron chi connectivity index (χ0n) is 13.9. The summed E-state index contributed by atoms with van der Waals surface area (Å²) in [7, 11) is 0. The van der Waals surface area contributed by atoms with Crippen LogP contribution in [0.3, 0.4) is 0 Å². The van der Waals surface area contributed by atoms with E-state index in [2.05, 4.69) is 31.5 Å². The number of rotatable bonds is 6. The van der Waals surface area contributed by atoms with Crippen LogP contribution in [0.15, 0.2) is 46.3 Å². The summed E-state index contributed by atoms with van der Waals surface area (Å²) in [6.07, 6.45) is 0.198. The number of carbonyl (C=O) groups is 2. The normalized spacial score (nSPS) is 10.5. The fourth-order valence-electron chi connectivity index (χ4n) is 2.29. The quantitative estimate of drug-likeness (QED) is 0.572. The molecule has 3 rings (SSSR count). The Morgan fingerprint density at radius 1 is 1.19 bits per heavy atom. The minimum Gasteiger partial charge on any atom is -0.351 e. The first-order valence-corrected chi connectivity index (χ1v) is 10.4. The average molecular weight is 450 g/mol. The highest BCUT2D eigenvalue weighted by Crippen LogP contribution is 2.31. The van der Waals surface area contributed by atoms with Crippen LogP contribution in [0.25, 0.3) is 11.3 Å². The van der Waals surface area contributed by atoms with Gasteiger partial charge in [-0.1, -0.05) is 34.1 Å². The zero-order valence-corrected chi connectivity index (χ0v) is 17.1. The smallest absolute Gasteiger partial charge is 0.261 e. The van der Waals surface area contributed by atoms with E-state index in [4.69, 9.17) is 0 Å². The van der Waals surface area contributed by atoms with Crippen molar-refractivity contribution in [2.24, 2.45) is 0 Å². The van der Waals surface area contributed by atoms with Gasteiger partial charge in [-0.2, -0.15) is 0 Å². The number of thiazole rings is 1. The summed E-state index contributed by atoms with van der Waals surface area (Å²) in [6, 6.07) is 11.5. The molecule has 0 fully saturated rings. The van der Waals surface area contributed by atoms with Crippen LogP contribution < -0.4 is 10.6 Å². The van der Waals surface area contributed by atoms with Gasteiger partial charge in [-0.3, -0.25) is 9.59 Å². The summed E-state index contributed by atoms with van der Waals surface area (Å²) in [5, 5.41) is 7.95. The fraction of sp³-hybridized carbons (Fsp3) is 0.167. The number of aromatic nitrogens is 1. The molecule has 0 radical (unpaired) electrons. The molecule has 0 aliphatic rings. The summed E-state index contributed by atoms with van der Waals surface area (Å²) >= 11 is 6.23. The van der Waals surface area contributed by atoms with Gasteiger partial charge in [0, 0.05) is 27.9 Å². The van der Waals surface area contributed by atoms with E-state index >= 15 is 0 Å². The maximum atomic E-state index is 12.1. The molecule has 8 heteroatoms. The van der Waals surface area contributed by atoms with Gasteiger partial charge in [-0.15, -0.1) is 22.7 Å². The second-order valence-electron chi connectivity index (χ2n) is 5.46. The van der Waals surface area contributed by atoms with Gasteiger partial charge in [-0.25, -0.2) is 4.98 Å². The molecule has 0 bridgehead atoms. The summed E-state index contributed by atoms with van der Waals surface area (Å²) < 4.78 is 1.01. The van der Waals surface area contributed by atoms with Crippen molar-refractivity contribution in [3.8, 4) is 11.3 Å². The minimum atomic E-state index is -0.174. The van der Waals surface area contributed by atoms with Crippen LogP contribution in [-0.2, 0) is 4.79 Å². The number of aryl methyl sites for hydroxylation is 1. The molecule has 0 saturated heterocycles. The fourth-order valence-corrected chi connectivity index (χ4v) is 4.05. The van der Waals surface area contributed by atoms with Crippen LogP contribution >= 0.6 is 38.6 Å². The molecule has 2 aromatic heterocycles. The van der Waals surface area contributed by atoms with Crippen molar-refractivity contribution in [1.29, 1.82) is 0 Å². The van der Waals surface area contributed by atoms with Crippen molar-refractivity contribution in [2.75, 3.05) is 11.9 Å². The van der Waals surface area contributed by atoms with Gasteiger partial charge < -0.3 is 10.6 Å². The van der Waals surface area contributed by atoms with Gasteiger partial charge in [-0.05, 0) is 30.5 Å². The number of nitrogens with zero attached hydrogens (tertiary/aromatic N) is 1. The van der Waals surface area contributed by atoms with Crippen molar-refractivity contribution in [3.63, 3.8) is 0 Å². The van der Waals surface area contributed by atoms with Crippen LogP contribution in [0.1, 0.15) is 21.0 Å². The first-order valence-electron chi connectivity index (χ1n) is 7.88. The Kier molecular flexibility index (Phi) is 6.18. The molecule has 0 spiro atoms. The lowest BCUT2D eigenvalue weighted by molar-refractivity contribution is -0.116. The summed E-state index contributed by atoms with van der Waals surface area (Å²) in [4.78, 5) is 30.1. The number of hydrogen-bond acceptors (Lipinski definition) is 5. The van der Waals surface area contributed by atoms with Crippen LogP contribution in [-0.4, -0.2) is 23.3 Å². The molecule has 0 saturated carbocycles. The van der Waals surface area contributed by atoms with E-state index in [-0.39, 0.29) is 24.8 Å². The van der Waals surface area contributed by atoms with Crippen LogP contribution in [0.2, 0.25) is 0 Å². The number of thiophene rings is 1. The monoisotopic (exact) mass is 449 g/mol. The van der Waals surface area contributed by atoms with Crippen molar-refractivity contribution in [1.82, 2.24) is 10.3 Å². The second-order valence-corrected chi connectivity index (χ2v) is 8.53. The zero-order chi connectivity index (χ0) is 18.5. The minimum absolute atomic E-state index is 0.157. The van der Waals surface area contributed by atoms with Crippen LogP contribution in [0, 0.1) is 6.92 Å². The number of anilines is 1. The molecule has 3 aromatic rings. The molecular formula is C18H16BrN3O2S2. The molecule has 1 aromatic carbocycles. The number of hydrogen-bond donors (Lipinski definition) is 2. The highest BCUT2D eigenvalue weighted by Gasteiger charge is 2.13. The molecule has 0 aliphatic heterocycles. The molecule has 0 aliphatic carbocycles. The van der Waals surface area contributed by atoms with E-state index in [0.717, 1.165) is 20.6 Å². The largest absolute Gasteiger partial charge is 0.351 e. The molecule has 0 unspecified atom stereocenters. The van der Waals surface area contributed by atoms with E-state index in [1.807, 2.05) is 42.6 Å². The summed E-state index contributed by atoms with van der Waals surface area (Å²) in [5.74, 6) is -0.331. The number of benzene rings is 1. The lowest BCUT2D eigenvalue weighted by Crippen LogP contribution is -2.27. The number of carbonyl (C=O) groups excluding carboxylic acids is 2. The molecule has 2 heterocycles. The molecular weight excluding hydrogens is 434 g/mol. The van der Waals surface area contributed by atoms with Gasteiger partial charge in [0.1, 0.15) is 0 Å². The highest BCUT2D eigenvalue weighted by molar-refractivity contribution is 9.10. The van der Waals surface area contributed by atoms with Gasteiger partial charge in [0.25, 0.3) is 5.91 Å². The molecule has 26 heavy (non-hydrogen) atoms. The third kappa shape index (κ3) is 4.78. The molecule has 5 nitrogen and oxygen atoms in total. The Morgan fingerprint density at radius 3 is 2.65 bits per heavy atom.